The molecule has 0 saturated carbocycles. The number of imidazole rings is 1. The van der Waals surface area contributed by atoms with E-state index < -0.39 is 11.7 Å². The van der Waals surface area contributed by atoms with Gasteiger partial charge < -0.3 is 19.1 Å². The van der Waals surface area contributed by atoms with Crippen LogP contribution < -0.4 is 24.8 Å². The number of aromatic nitrogens is 2. The first-order valence-electron chi connectivity index (χ1n) is 12.2. The van der Waals surface area contributed by atoms with E-state index in [0.29, 0.717) is 47.8 Å². The number of methoxy groups -OCH3 is 3. The lowest BCUT2D eigenvalue weighted by atomic mass is 10.1. The lowest BCUT2D eigenvalue weighted by Gasteiger charge is -2.23. The standard InChI is InChI=1S/C28H28F3N3O4/c1-36-22-11-6-10-21-25(22)33(16-18-8-4-5-9-20(18)28(29,30)31)27(35)34(21)19-14-15-32(17-19)26-23(37-2)12-7-13-24(26)38-3/h4-13,19H,14-17H2,1-3H3. The number of anilines is 1. The Hall–Kier alpha value is -4.08. The number of benzene rings is 3. The van der Waals surface area contributed by atoms with Crippen molar-refractivity contribution in [1.82, 2.24) is 9.13 Å². The molecule has 1 aliphatic rings. The summed E-state index contributed by atoms with van der Waals surface area (Å²) in [6, 6.07) is 15.9. The topological polar surface area (TPSA) is 57.9 Å². The molecule has 10 heteroatoms. The normalized spacial score (nSPS) is 15.7. The summed E-state index contributed by atoms with van der Waals surface area (Å²) in [5, 5.41) is 0. The highest BCUT2D eigenvalue weighted by atomic mass is 19.4. The van der Waals surface area contributed by atoms with Gasteiger partial charge >= 0.3 is 11.9 Å². The molecule has 1 aromatic heterocycles. The summed E-state index contributed by atoms with van der Waals surface area (Å²) in [5.74, 6) is 1.74. The van der Waals surface area contributed by atoms with Crippen LogP contribution in [0, 0.1) is 0 Å². The number of fused-ring (bicyclic) bond motifs is 1. The second kappa shape index (κ2) is 10.00. The molecule has 200 valence electrons. The highest BCUT2D eigenvalue weighted by Crippen LogP contribution is 2.41. The zero-order valence-corrected chi connectivity index (χ0v) is 21.3. The fourth-order valence-corrected chi connectivity index (χ4v) is 5.37. The lowest BCUT2D eigenvalue weighted by molar-refractivity contribution is -0.138. The van der Waals surface area contributed by atoms with Gasteiger partial charge in [-0.25, -0.2) is 4.79 Å². The summed E-state index contributed by atoms with van der Waals surface area (Å²) >= 11 is 0. The molecular formula is C28H28F3N3O4. The van der Waals surface area contributed by atoms with Crippen molar-refractivity contribution in [3.8, 4) is 17.2 Å². The molecule has 38 heavy (non-hydrogen) atoms. The molecule has 4 aromatic rings. The molecule has 1 unspecified atom stereocenters. The molecule has 0 radical (unpaired) electrons. The van der Waals surface area contributed by atoms with Gasteiger partial charge in [-0.3, -0.25) is 9.13 Å². The molecule has 1 saturated heterocycles. The first-order valence-corrected chi connectivity index (χ1v) is 12.2. The fraction of sp³-hybridized carbons (Fsp3) is 0.321. The minimum atomic E-state index is -4.54. The highest BCUT2D eigenvalue weighted by Gasteiger charge is 2.35. The summed E-state index contributed by atoms with van der Waals surface area (Å²) < 4.78 is 61.0. The smallest absolute Gasteiger partial charge is 0.416 e. The molecule has 0 bridgehead atoms. The quantitative estimate of drug-likeness (QED) is 0.325. The van der Waals surface area contributed by atoms with E-state index in [2.05, 4.69) is 4.90 Å². The third-order valence-electron chi connectivity index (χ3n) is 7.06. The summed E-state index contributed by atoms with van der Waals surface area (Å²) in [6.45, 7) is 0.892. The van der Waals surface area contributed by atoms with Crippen molar-refractivity contribution >= 4 is 16.7 Å². The van der Waals surface area contributed by atoms with Crippen molar-refractivity contribution in [1.29, 1.82) is 0 Å². The third-order valence-corrected chi connectivity index (χ3v) is 7.06. The second-order valence-corrected chi connectivity index (χ2v) is 9.12. The molecule has 3 aromatic carbocycles. The summed E-state index contributed by atoms with van der Waals surface area (Å²) in [6.07, 6.45) is -3.89. The average molecular weight is 528 g/mol. The molecule has 0 amide bonds. The third kappa shape index (κ3) is 4.33. The van der Waals surface area contributed by atoms with Crippen LogP contribution in [0.3, 0.4) is 0 Å². The zero-order chi connectivity index (χ0) is 27.0. The van der Waals surface area contributed by atoms with E-state index in [1.54, 1.807) is 43.1 Å². The SMILES string of the molecule is COc1cccc(OC)c1N1CCC(n2c(=O)n(Cc3ccccc3C(F)(F)F)c3c(OC)cccc32)C1. The highest BCUT2D eigenvalue weighted by molar-refractivity contribution is 5.83. The maximum atomic E-state index is 13.9. The Balaban J connectivity index is 1.60. The lowest BCUT2D eigenvalue weighted by Crippen LogP contribution is -2.30. The summed E-state index contributed by atoms with van der Waals surface area (Å²) in [5.41, 5.74) is 0.730. The number of hydrogen-bond donors (Lipinski definition) is 0. The van der Waals surface area contributed by atoms with Crippen LogP contribution in [-0.2, 0) is 12.7 Å². The monoisotopic (exact) mass is 527 g/mol. The van der Waals surface area contributed by atoms with Gasteiger partial charge in [0.2, 0.25) is 0 Å². The Morgan fingerprint density at radius 2 is 1.50 bits per heavy atom. The molecular weight excluding hydrogens is 499 g/mol. The molecule has 7 nitrogen and oxygen atoms in total. The molecule has 1 fully saturated rings. The van der Waals surface area contributed by atoms with Crippen molar-refractivity contribution in [2.75, 3.05) is 39.3 Å². The Morgan fingerprint density at radius 3 is 2.16 bits per heavy atom. The van der Waals surface area contributed by atoms with Crippen LogP contribution in [-0.4, -0.2) is 43.6 Å². The van der Waals surface area contributed by atoms with Crippen LogP contribution in [0.5, 0.6) is 17.2 Å². The van der Waals surface area contributed by atoms with Gasteiger partial charge in [-0.05, 0) is 42.3 Å². The van der Waals surface area contributed by atoms with Crippen molar-refractivity contribution in [2.24, 2.45) is 0 Å². The van der Waals surface area contributed by atoms with Crippen LogP contribution in [0.1, 0.15) is 23.6 Å². The Kier molecular flexibility index (Phi) is 6.73. The maximum Gasteiger partial charge on any atom is 0.416 e. The van der Waals surface area contributed by atoms with Gasteiger partial charge in [-0.2, -0.15) is 13.2 Å². The number of ether oxygens (including phenoxy) is 3. The van der Waals surface area contributed by atoms with E-state index in [1.165, 1.54) is 23.8 Å². The van der Waals surface area contributed by atoms with Gasteiger partial charge in [0.15, 0.2) is 0 Å². The number of nitrogens with zero attached hydrogens (tertiary/aromatic N) is 3. The maximum absolute atomic E-state index is 13.9. The number of halogens is 3. The number of rotatable bonds is 7. The number of para-hydroxylation sites is 2. The second-order valence-electron chi connectivity index (χ2n) is 9.12. The molecule has 1 aliphatic heterocycles. The van der Waals surface area contributed by atoms with Crippen LogP contribution in [0.15, 0.2) is 65.5 Å². The van der Waals surface area contributed by atoms with E-state index in [1.807, 2.05) is 18.2 Å². The van der Waals surface area contributed by atoms with Crippen LogP contribution >= 0.6 is 0 Å². The van der Waals surface area contributed by atoms with Crippen molar-refractivity contribution in [3.05, 3.63) is 82.3 Å². The first-order chi connectivity index (χ1) is 18.3. The predicted molar refractivity (Wildman–Crippen MR) is 139 cm³/mol. The zero-order valence-electron chi connectivity index (χ0n) is 21.3. The largest absolute Gasteiger partial charge is 0.494 e. The van der Waals surface area contributed by atoms with Gasteiger partial charge in [-0.15, -0.1) is 0 Å². The van der Waals surface area contributed by atoms with Crippen LogP contribution in [0.4, 0.5) is 18.9 Å². The average Bonchev–Trinajstić information content (AvgIpc) is 3.50. The number of hydrogen-bond acceptors (Lipinski definition) is 5. The van der Waals surface area contributed by atoms with Gasteiger partial charge in [0.25, 0.3) is 0 Å². The number of alkyl halides is 3. The summed E-state index contributed by atoms with van der Waals surface area (Å²) in [7, 11) is 4.67. The van der Waals surface area contributed by atoms with Gasteiger partial charge in [0.1, 0.15) is 28.5 Å². The van der Waals surface area contributed by atoms with Crippen LogP contribution in [0.2, 0.25) is 0 Å². The van der Waals surface area contributed by atoms with Gasteiger partial charge in [-0.1, -0.05) is 30.3 Å². The molecule has 0 aliphatic carbocycles. The predicted octanol–water partition coefficient (Wildman–Crippen LogP) is 5.35. The minimum absolute atomic E-state index is 0.0128. The van der Waals surface area contributed by atoms with Gasteiger partial charge in [0.05, 0.1) is 45.0 Å². The first kappa shape index (κ1) is 25.6. The molecule has 0 spiro atoms. The van der Waals surface area contributed by atoms with Crippen molar-refractivity contribution < 1.29 is 27.4 Å². The van der Waals surface area contributed by atoms with Crippen molar-refractivity contribution in [2.45, 2.75) is 25.2 Å². The molecule has 2 heterocycles. The molecule has 5 rings (SSSR count). The van der Waals surface area contributed by atoms with E-state index in [0.717, 1.165) is 11.8 Å². The minimum Gasteiger partial charge on any atom is -0.494 e. The fourth-order valence-electron chi connectivity index (χ4n) is 5.37. The summed E-state index contributed by atoms with van der Waals surface area (Å²) in [4.78, 5) is 16.0. The van der Waals surface area contributed by atoms with Crippen LogP contribution in [0.25, 0.3) is 11.0 Å². The van der Waals surface area contributed by atoms with E-state index >= 15 is 0 Å². The Morgan fingerprint density at radius 1 is 0.868 bits per heavy atom. The van der Waals surface area contributed by atoms with Gasteiger partial charge in [0, 0.05) is 13.1 Å². The Labute approximate surface area is 217 Å². The van der Waals surface area contributed by atoms with E-state index in [9.17, 15) is 18.0 Å². The Bertz CT molecular complexity index is 1500. The molecule has 0 N–H and O–H groups in total. The van der Waals surface area contributed by atoms with E-state index in [4.69, 9.17) is 14.2 Å². The molecule has 1 atom stereocenters. The van der Waals surface area contributed by atoms with E-state index in [-0.39, 0.29) is 23.8 Å². The van der Waals surface area contributed by atoms with Crippen molar-refractivity contribution in [3.63, 3.8) is 0 Å².